The van der Waals surface area contributed by atoms with Gasteiger partial charge in [0.15, 0.2) is 0 Å². The zero-order chi connectivity index (χ0) is 22.4. The number of aromatic nitrogens is 3. The third-order valence-corrected chi connectivity index (χ3v) is 5.93. The highest BCUT2D eigenvalue weighted by Gasteiger charge is 2.42. The Labute approximate surface area is 182 Å². The van der Waals surface area contributed by atoms with Crippen molar-refractivity contribution in [2.45, 2.75) is 57.9 Å². The summed E-state index contributed by atoms with van der Waals surface area (Å²) in [4.78, 5) is 9.40. The maximum absolute atomic E-state index is 14.1. The van der Waals surface area contributed by atoms with E-state index in [2.05, 4.69) is 16.9 Å². The summed E-state index contributed by atoms with van der Waals surface area (Å²) >= 11 is 0. The lowest BCUT2D eigenvalue weighted by atomic mass is 9.96. The number of aryl methyl sites for hydroxylation is 1. The molecule has 0 radical (unpaired) electrons. The van der Waals surface area contributed by atoms with E-state index in [0.717, 1.165) is 42.4 Å². The molecule has 2 heterocycles. The summed E-state index contributed by atoms with van der Waals surface area (Å²) in [6, 6.07) is 11.9. The van der Waals surface area contributed by atoms with Crippen molar-refractivity contribution >= 4 is 5.70 Å². The van der Waals surface area contributed by atoms with Crippen LogP contribution in [-0.2, 0) is 0 Å². The molecule has 0 saturated heterocycles. The maximum Gasteiger partial charge on any atom is 0.267 e. The van der Waals surface area contributed by atoms with Gasteiger partial charge in [-0.05, 0) is 45.7 Å². The van der Waals surface area contributed by atoms with Crippen LogP contribution in [0.3, 0.4) is 0 Å². The number of rotatable bonds is 7. The molecule has 0 amide bonds. The number of imidazole rings is 1. The van der Waals surface area contributed by atoms with Gasteiger partial charge in [0, 0.05) is 42.1 Å². The maximum atomic E-state index is 14.1. The lowest BCUT2D eigenvalue weighted by molar-refractivity contribution is -0.0515. The number of nitrogens with one attached hydrogen (secondary N) is 1. The summed E-state index contributed by atoms with van der Waals surface area (Å²) in [5, 5.41) is 2.93. The first-order valence-corrected chi connectivity index (χ1v) is 10.5. The smallest absolute Gasteiger partial charge is 0.267 e. The van der Waals surface area contributed by atoms with Crippen molar-refractivity contribution in [2.75, 3.05) is 0 Å². The van der Waals surface area contributed by atoms with Crippen LogP contribution in [0.15, 0.2) is 55.4 Å². The largest absolute Gasteiger partial charge is 0.374 e. The van der Waals surface area contributed by atoms with Crippen molar-refractivity contribution in [3.63, 3.8) is 0 Å². The van der Waals surface area contributed by atoms with Gasteiger partial charge < -0.3 is 5.32 Å². The zero-order valence-corrected chi connectivity index (χ0v) is 18.4. The number of hydrogen-bond donors (Lipinski definition) is 1. The van der Waals surface area contributed by atoms with E-state index in [1.807, 2.05) is 54.1 Å². The Bertz CT molecular complexity index is 1100. The first kappa shape index (κ1) is 21.2. The molecule has 3 aromatic rings. The molecule has 1 saturated carbocycles. The molecular formula is C25H28F2N4. The number of halogens is 2. The second-order valence-electron chi connectivity index (χ2n) is 9.01. The topological polar surface area (TPSA) is 42.7 Å². The Morgan fingerprint density at radius 1 is 1.13 bits per heavy atom. The molecule has 0 bridgehead atoms. The van der Waals surface area contributed by atoms with Crippen molar-refractivity contribution in [3.8, 4) is 17.1 Å². The van der Waals surface area contributed by atoms with Gasteiger partial charge in [-0.1, -0.05) is 36.4 Å². The van der Waals surface area contributed by atoms with Gasteiger partial charge in [0.05, 0.1) is 11.2 Å². The van der Waals surface area contributed by atoms with Gasteiger partial charge in [-0.25, -0.2) is 18.7 Å². The third kappa shape index (κ3) is 4.38. The highest BCUT2D eigenvalue weighted by molar-refractivity contribution is 5.70. The molecule has 1 fully saturated rings. The van der Waals surface area contributed by atoms with E-state index in [4.69, 9.17) is 4.98 Å². The molecular weight excluding hydrogens is 394 g/mol. The molecule has 0 atom stereocenters. The normalized spacial score (nSPS) is 14.5. The number of alkyl halides is 2. The second-order valence-corrected chi connectivity index (χ2v) is 9.01. The van der Waals surface area contributed by atoms with Gasteiger partial charge in [-0.15, -0.1) is 0 Å². The van der Waals surface area contributed by atoms with Gasteiger partial charge in [-0.3, -0.25) is 4.57 Å². The van der Waals surface area contributed by atoms with Crippen molar-refractivity contribution < 1.29 is 8.78 Å². The van der Waals surface area contributed by atoms with Crippen LogP contribution in [0.2, 0.25) is 0 Å². The fraction of sp³-hybridized carbons (Fsp3) is 0.360. The van der Waals surface area contributed by atoms with Crippen molar-refractivity contribution in [1.82, 2.24) is 19.9 Å². The Morgan fingerprint density at radius 3 is 2.42 bits per heavy atom. The molecule has 1 aliphatic rings. The monoisotopic (exact) mass is 422 g/mol. The quantitative estimate of drug-likeness (QED) is 0.499. The van der Waals surface area contributed by atoms with E-state index in [-0.39, 0.29) is 0 Å². The number of benzene rings is 1. The van der Waals surface area contributed by atoms with E-state index in [1.165, 1.54) is 13.8 Å². The van der Waals surface area contributed by atoms with Crippen LogP contribution in [0.4, 0.5) is 8.78 Å². The molecule has 0 aliphatic heterocycles. The van der Waals surface area contributed by atoms with Crippen LogP contribution in [0.25, 0.3) is 22.8 Å². The van der Waals surface area contributed by atoms with E-state index in [0.29, 0.717) is 23.0 Å². The first-order chi connectivity index (χ1) is 14.5. The average Bonchev–Trinajstić information content (AvgIpc) is 3.43. The SMILES string of the molecule is C=C(NC(C)(C)C(C)(F)F)c1cc(-c2ccc(C)cc2)nc(-n2ccnc2C2CC2)c1. The molecule has 1 aromatic carbocycles. The lowest BCUT2D eigenvalue weighted by Gasteiger charge is -2.34. The van der Waals surface area contributed by atoms with Crippen molar-refractivity contribution in [3.05, 3.63) is 72.3 Å². The van der Waals surface area contributed by atoms with E-state index < -0.39 is 11.5 Å². The summed E-state index contributed by atoms with van der Waals surface area (Å²) in [7, 11) is 0. The molecule has 0 unspecified atom stereocenters. The van der Waals surface area contributed by atoms with E-state index in [1.54, 1.807) is 6.20 Å². The standard InChI is InChI=1S/C25H28F2N4/c1-16-6-8-18(9-7-16)21-14-20(17(2)30-24(3,4)25(5,26)27)15-22(29-21)31-13-12-28-23(31)19-10-11-19/h6-9,12-15,19,30H,2,10-11H2,1,3-5H3. The Morgan fingerprint density at radius 2 is 1.81 bits per heavy atom. The number of hydrogen-bond acceptors (Lipinski definition) is 3. The second kappa shape index (κ2) is 7.59. The third-order valence-electron chi connectivity index (χ3n) is 5.93. The molecule has 1 N–H and O–H groups in total. The minimum Gasteiger partial charge on any atom is -0.374 e. The Balaban J connectivity index is 1.79. The predicted molar refractivity (Wildman–Crippen MR) is 120 cm³/mol. The molecule has 0 spiro atoms. The van der Waals surface area contributed by atoms with Gasteiger partial charge in [0.2, 0.25) is 0 Å². The van der Waals surface area contributed by atoms with Crippen LogP contribution in [0.5, 0.6) is 0 Å². The van der Waals surface area contributed by atoms with Gasteiger partial charge in [0.1, 0.15) is 11.6 Å². The molecule has 162 valence electrons. The average molecular weight is 423 g/mol. The summed E-state index contributed by atoms with van der Waals surface area (Å²) in [5.41, 5.74) is 2.56. The lowest BCUT2D eigenvalue weighted by Crippen LogP contribution is -2.51. The summed E-state index contributed by atoms with van der Waals surface area (Å²) in [6.07, 6.45) is 5.92. The van der Waals surface area contributed by atoms with Crippen LogP contribution in [-0.4, -0.2) is 26.0 Å². The minimum atomic E-state index is -2.92. The van der Waals surface area contributed by atoms with E-state index in [9.17, 15) is 8.78 Å². The minimum absolute atomic E-state index is 0.427. The van der Waals surface area contributed by atoms with Crippen molar-refractivity contribution in [2.24, 2.45) is 0 Å². The fourth-order valence-corrected chi connectivity index (χ4v) is 3.40. The summed E-state index contributed by atoms with van der Waals surface area (Å²) < 4.78 is 30.2. The zero-order valence-electron chi connectivity index (χ0n) is 18.4. The molecule has 6 heteroatoms. The summed E-state index contributed by atoms with van der Waals surface area (Å²) in [6.45, 7) is 9.96. The highest BCUT2D eigenvalue weighted by atomic mass is 19.3. The Hall–Kier alpha value is -3.02. The number of nitrogens with zero attached hydrogens (tertiary/aromatic N) is 3. The van der Waals surface area contributed by atoms with Crippen molar-refractivity contribution in [1.29, 1.82) is 0 Å². The van der Waals surface area contributed by atoms with Crippen LogP contribution in [0.1, 0.15) is 56.5 Å². The van der Waals surface area contributed by atoms with Crippen LogP contribution >= 0.6 is 0 Å². The molecule has 1 aliphatic carbocycles. The predicted octanol–water partition coefficient (Wildman–Crippen LogP) is 6.11. The summed E-state index contributed by atoms with van der Waals surface area (Å²) in [5.74, 6) is -0.785. The highest BCUT2D eigenvalue weighted by Crippen LogP contribution is 2.40. The fourth-order valence-electron chi connectivity index (χ4n) is 3.40. The molecule has 31 heavy (non-hydrogen) atoms. The Kier molecular flexibility index (Phi) is 5.20. The number of pyridine rings is 1. The molecule has 2 aromatic heterocycles. The van der Waals surface area contributed by atoms with Crippen LogP contribution in [0, 0.1) is 6.92 Å². The first-order valence-electron chi connectivity index (χ1n) is 10.5. The van der Waals surface area contributed by atoms with Crippen LogP contribution < -0.4 is 5.32 Å². The van der Waals surface area contributed by atoms with Gasteiger partial charge in [-0.2, -0.15) is 0 Å². The van der Waals surface area contributed by atoms with Gasteiger partial charge >= 0.3 is 0 Å². The molecule has 4 rings (SSSR count). The molecule has 4 nitrogen and oxygen atoms in total. The van der Waals surface area contributed by atoms with Gasteiger partial charge in [0.25, 0.3) is 5.92 Å². The van der Waals surface area contributed by atoms with E-state index >= 15 is 0 Å².